The van der Waals surface area contributed by atoms with Gasteiger partial charge in [-0.15, -0.1) is 0 Å². The Hall–Kier alpha value is -3.35. The Morgan fingerprint density at radius 1 is 1.10 bits per heavy atom. The number of hydrogen-bond donors (Lipinski definition) is 2. The van der Waals surface area contributed by atoms with E-state index in [2.05, 4.69) is 10.6 Å². The van der Waals surface area contributed by atoms with Crippen molar-refractivity contribution in [3.63, 3.8) is 0 Å². The average molecular weight is 424 g/mol. The second-order valence-electron chi connectivity index (χ2n) is 7.83. The molecule has 0 radical (unpaired) electrons. The molecule has 164 valence electrons. The molecule has 1 atom stereocenters. The number of amides is 3. The lowest BCUT2D eigenvalue weighted by Crippen LogP contribution is -2.33. The van der Waals surface area contributed by atoms with Crippen molar-refractivity contribution in [3.05, 3.63) is 53.6 Å². The maximum atomic E-state index is 12.3. The standard InChI is InChI=1S/C24H29N3O4/c1-4-11-25-24(30)18-13-23(29)27(14-18)20-7-9-21(10-8-20)31-15-22(28)26-19-6-5-16(2)17(3)12-19/h5-10,12,18H,4,11,13-15H2,1-3H3,(H,25,30)(H,26,28). The van der Waals surface area contributed by atoms with E-state index in [1.165, 1.54) is 5.56 Å². The summed E-state index contributed by atoms with van der Waals surface area (Å²) in [6, 6.07) is 12.7. The zero-order valence-corrected chi connectivity index (χ0v) is 18.2. The maximum Gasteiger partial charge on any atom is 0.262 e. The van der Waals surface area contributed by atoms with Crippen LogP contribution in [0.25, 0.3) is 0 Å². The predicted molar refractivity (Wildman–Crippen MR) is 120 cm³/mol. The number of carbonyl (C=O) groups is 3. The average Bonchev–Trinajstić information content (AvgIpc) is 3.15. The van der Waals surface area contributed by atoms with Crippen LogP contribution < -0.4 is 20.3 Å². The number of hydrogen-bond acceptors (Lipinski definition) is 4. The summed E-state index contributed by atoms with van der Waals surface area (Å²) in [7, 11) is 0. The highest BCUT2D eigenvalue weighted by atomic mass is 16.5. The van der Waals surface area contributed by atoms with Gasteiger partial charge in [0.05, 0.1) is 5.92 Å². The van der Waals surface area contributed by atoms with Gasteiger partial charge in [-0.25, -0.2) is 0 Å². The first-order valence-corrected chi connectivity index (χ1v) is 10.6. The molecule has 0 aliphatic carbocycles. The molecule has 31 heavy (non-hydrogen) atoms. The summed E-state index contributed by atoms with van der Waals surface area (Å²) >= 11 is 0. The van der Waals surface area contributed by atoms with Crippen LogP contribution in [0, 0.1) is 19.8 Å². The Morgan fingerprint density at radius 3 is 2.52 bits per heavy atom. The quantitative estimate of drug-likeness (QED) is 0.683. The minimum atomic E-state index is -0.330. The molecular formula is C24H29N3O4. The van der Waals surface area contributed by atoms with Gasteiger partial charge in [0.25, 0.3) is 5.91 Å². The molecule has 3 rings (SSSR count). The fourth-order valence-electron chi connectivity index (χ4n) is 3.41. The Balaban J connectivity index is 1.52. The second kappa shape index (κ2) is 10.1. The van der Waals surface area contributed by atoms with Crippen LogP contribution in [0.4, 0.5) is 11.4 Å². The van der Waals surface area contributed by atoms with Gasteiger partial charge >= 0.3 is 0 Å². The number of anilines is 2. The van der Waals surface area contributed by atoms with Crippen molar-refractivity contribution in [2.24, 2.45) is 5.92 Å². The van der Waals surface area contributed by atoms with Gasteiger partial charge in [-0.3, -0.25) is 14.4 Å². The highest BCUT2D eigenvalue weighted by Crippen LogP contribution is 2.27. The second-order valence-corrected chi connectivity index (χ2v) is 7.83. The summed E-state index contributed by atoms with van der Waals surface area (Å²) < 4.78 is 5.56. The van der Waals surface area contributed by atoms with Gasteiger partial charge in [0.15, 0.2) is 6.61 Å². The monoisotopic (exact) mass is 423 g/mol. The third kappa shape index (κ3) is 5.84. The molecule has 0 aromatic heterocycles. The van der Waals surface area contributed by atoms with E-state index in [-0.39, 0.29) is 36.7 Å². The van der Waals surface area contributed by atoms with Crippen LogP contribution in [0.1, 0.15) is 30.9 Å². The number of ether oxygens (including phenoxy) is 1. The third-order valence-electron chi connectivity index (χ3n) is 5.35. The lowest BCUT2D eigenvalue weighted by atomic mass is 10.1. The first kappa shape index (κ1) is 22.3. The molecule has 2 aromatic rings. The zero-order chi connectivity index (χ0) is 22.4. The SMILES string of the molecule is CCCNC(=O)C1CC(=O)N(c2ccc(OCC(=O)Nc3ccc(C)c(C)c3)cc2)C1. The fourth-order valence-corrected chi connectivity index (χ4v) is 3.41. The van der Waals surface area contributed by atoms with Crippen molar-refractivity contribution in [1.29, 1.82) is 0 Å². The summed E-state index contributed by atoms with van der Waals surface area (Å²) in [5.74, 6) is -0.194. The van der Waals surface area contributed by atoms with Crippen LogP contribution in [0.15, 0.2) is 42.5 Å². The van der Waals surface area contributed by atoms with E-state index in [9.17, 15) is 14.4 Å². The molecule has 1 unspecified atom stereocenters. The van der Waals surface area contributed by atoms with E-state index in [1.54, 1.807) is 29.2 Å². The van der Waals surface area contributed by atoms with Crippen molar-refractivity contribution in [2.45, 2.75) is 33.6 Å². The number of rotatable bonds is 8. The normalized spacial score (nSPS) is 15.6. The number of aryl methyl sites for hydroxylation is 2. The zero-order valence-electron chi connectivity index (χ0n) is 18.2. The molecule has 1 heterocycles. The van der Waals surface area contributed by atoms with E-state index >= 15 is 0 Å². The first-order chi connectivity index (χ1) is 14.9. The topological polar surface area (TPSA) is 87.7 Å². The van der Waals surface area contributed by atoms with E-state index in [4.69, 9.17) is 4.74 Å². The molecule has 2 N–H and O–H groups in total. The maximum absolute atomic E-state index is 12.3. The van der Waals surface area contributed by atoms with Crippen molar-refractivity contribution in [2.75, 3.05) is 29.9 Å². The molecule has 0 spiro atoms. The van der Waals surface area contributed by atoms with E-state index in [1.807, 2.05) is 39.0 Å². The van der Waals surface area contributed by atoms with Gasteiger partial charge in [0.1, 0.15) is 5.75 Å². The van der Waals surface area contributed by atoms with E-state index in [0.717, 1.165) is 17.7 Å². The molecule has 1 fully saturated rings. The summed E-state index contributed by atoms with van der Waals surface area (Å²) in [5.41, 5.74) is 3.72. The molecule has 1 aliphatic rings. The summed E-state index contributed by atoms with van der Waals surface area (Å²) in [5, 5.41) is 5.67. The molecule has 1 saturated heterocycles. The van der Waals surface area contributed by atoms with Crippen molar-refractivity contribution >= 4 is 29.1 Å². The van der Waals surface area contributed by atoms with E-state index < -0.39 is 0 Å². The fraction of sp³-hybridized carbons (Fsp3) is 0.375. The minimum Gasteiger partial charge on any atom is -0.484 e. The van der Waals surface area contributed by atoms with Crippen LogP contribution in [-0.4, -0.2) is 37.4 Å². The Morgan fingerprint density at radius 2 is 1.84 bits per heavy atom. The molecule has 2 aromatic carbocycles. The van der Waals surface area contributed by atoms with Crippen molar-refractivity contribution in [1.82, 2.24) is 5.32 Å². The summed E-state index contributed by atoms with van der Waals surface area (Å²) in [6.07, 6.45) is 1.08. The molecule has 3 amide bonds. The molecule has 1 aliphatic heterocycles. The van der Waals surface area contributed by atoms with Gasteiger partial charge in [-0.1, -0.05) is 13.0 Å². The Kier molecular flexibility index (Phi) is 7.28. The van der Waals surface area contributed by atoms with E-state index in [0.29, 0.717) is 24.5 Å². The Labute approximate surface area is 182 Å². The number of nitrogens with one attached hydrogen (secondary N) is 2. The van der Waals surface area contributed by atoms with Crippen LogP contribution in [0.3, 0.4) is 0 Å². The van der Waals surface area contributed by atoms with Crippen LogP contribution >= 0.6 is 0 Å². The predicted octanol–water partition coefficient (Wildman–Crippen LogP) is 3.20. The van der Waals surface area contributed by atoms with Crippen LogP contribution in [0.5, 0.6) is 5.75 Å². The summed E-state index contributed by atoms with van der Waals surface area (Å²) in [6.45, 7) is 6.87. The van der Waals surface area contributed by atoms with Gasteiger partial charge < -0.3 is 20.3 Å². The highest BCUT2D eigenvalue weighted by molar-refractivity contribution is 6.00. The van der Waals surface area contributed by atoms with Crippen molar-refractivity contribution in [3.8, 4) is 5.75 Å². The smallest absolute Gasteiger partial charge is 0.262 e. The Bertz CT molecular complexity index is 956. The summed E-state index contributed by atoms with van der Waals surface area (Å²) in [4.78, 5) is 38.3. The van der Waals surface area contributed by atoms with Gasteiger partial charge in [0.2, 0.25) is 11.8 Å². The van der Waals surface area contributed by atoms with Gasteiger partial charge in [-0.2, -0.15) is 0 Å². The molecular weight excluding hydrogens is 394 g/mol. The number of carbonyl (C=O) groups excluding carboxylic acids is 3. The highest BCUT2D eigenvalue weighted by Gasteiger charge is 2.34. The number of nitrogens with zero attached hydrogens (tertiary/aromatic N) is 1. The van der Waals surface area contributed by atoms with Gasteiger partial charge in [-0.05, 0) is 67.8 Å². The molecule has 0 saturated carbocycles. The van der Waals surface area contributed by atoms with Gasteiger partial charge in [0, 0.05) is 30.9 Å². The first-order valence-electron chi connectivity index (χ1n) is 10.6. The minimum absolute atomic E-state index is 0.0712. The number of benzene rings is 2. The van der Waals surface area contributed by atoms with Crippen LogP contribution in [-0.2, 0) is 14.4 Å². The molecule has 0 bridgehead atoms. The largest absolute Gasteiger partial charge is 0.484 e. The lowest BCUT2D eigenvalue weighted by Gasteiger charge is -2.17. The molecule has 7 nitrogen and oxygen atoms in total. The van der Waals surface area contributed by atoms with Crippen molar-refractivity contribution < 1.29 is 19.1 Å². The third-order valence-corrected chi connectivity index (χ3v) is 5.35. The van der Waals surface area contributed by atoms with Crippen LogP contribution in [0.2, 0.25) is 0 Å². The lowest BCUT2D eigenvalue weighted by molar-refractivity contribution is -0.126. The molecule has 7 heteroatoms.